The SMILES string of the molecule is C=C(Cl)C(=O)OCCN. The van der Waals surface area contributed by atoms with E-state index < -0.39 is 5.97 Å². The highest BCUT2D eigenvalue weighted by atomic mass is 35.5. The van der Waals surface area contributed by atoms with Gasteiger partial charge < -0.3 is 10.5 Å². The Morgan fingerprint density at radius 2 is 2.33 bits per heavy atom. The molecular weight excluding hydrogens is 142 g/mol. The van der Waals surface area contributed by atoms with Crippen LogP contribution < -0.4 is 5.73 Å². The van der Waals surface area contributed by atoms with E-state index in [9.17, 15) is 4.79 Å². The number of rotatable bonds is 3. The summed E-state index contributed by atoms with van der Waals surface area (Å²) in [6.07, 6.45) is 0. The molecule has 0 amide bonds. The molecule has 0 aromatic heterocycles. The lowest BCUT2D eigenvalue weighted by Crippen LogP contribution is -2.12. The molecule has 0 unspecified atom stereocenters. The molecule has 0 aliphatic carbocycles. The molecule has 52 valence electrons. The summed E-state index contributed by atoms with van der Waals surface area (Å²) >= 11 is 5.15. The molecule has 0 atom stereocenters. The normalized spacial score (nSPS) is 8.67. The van der Waals surface area contributed by atoms with Crippen LogP contribution in [0.15, 0.2) is 11.6 Å². The van der Waals surface area contributed by atoms with Gasteiger partial charge in [0.2, 0.25) is 0 Å². The Balaban J connectivity index is 3.39. The molecule has 0 fully saturated rings. The van der Waals surface area contributed by atoms with Crippen molar-refractivity contribution in [2.75, 3.05) is 13.2 Å². The lowest BCUT2D eigenvalue weighted by atomic mass is 10.6. The molecular formula is C5H8ClNO2. The number of hydrogen-bond acceptors (Lipinski definition) is 3. The second-order valence-electron chi connectivity index (χ2n) is 1.33. The van der Waals surface area contributed by atoms with Crippen LogP contribution in [0.3, 0.4) is 0 Å². The van der Waals surface area contributed by atoms with Gasteiger partial charge in [0.15, 0.2) is 0 Å². The summed E-state index contributed by atoms with van der Waals surface area (Å²) in [5.41, 5.74) is 5.03. The highest BCUT2D eigenvalue weighted by molar-refractivity contribution is 6.40. The van der Waals surface area contributed by atoms with E-state index in [1.807, 2.05) is 0 Å². The predicted octanol–water partition coefficient (Wildman–Crippen LogP) is 0.241. The van der Waals surface area contributed by atoms with E-state index in [4.69, 9.17) is 17.3 Å². The lowest BCUT2D eigenvalue weighted by Gasteiger charge is -1.98. The number of hydrogen-bond donors (Lipinski definition) is 1. The Hall–Kier alpha value is -0.540. The Morgan fingerprint density at radius 1 is 1.78 bits per heavy atom. The minimum atomic E-state index is -0.609. The molecule has 0 rings (SSSR count). The molecule has 0 aliphatic rings. The topological polar surface area (TPSA) is 52.3 Å². The summed E-state index contributed by atoms with van der Waals surface area (Å²) in [7, 11) is 0. The first-order chi connectivity index (χ1) is 4.18. The molecule has 3 nitrogen and oxygen atoms in total. The molecule has 0 radical (unpaired) electrons. The molecule has 0 spiro atoms. The Kier molecular flexibility index (Phi) is 4.09. The van der Waals surface area contributed by atoms with Gasteiger partial charge in [-0.2, -0.15) is 0 Å². The predicted molar refractivity (Wildman–Crippen MR) is 35.0 cm³/mol. The van der Waals surface area contributed by atoms with Crippen molar-refractivity contribution in [1.29, 1.82) is 0 Å². The van der Waals surface area contributed by atoms with Crippen molar-refractivity contribution >= 4 is 17.6 Å². The van der Waals surface area contributed by atoms with Crippen LogP contribution in [-0.4, -0.2) is 19.1 Å². The fraction of sp³-hybridized carbons (Fsp3) is 0.400. The van der Waals surface area contributed by atoms with Crippen molar-refractivity contribution in [3.63, 3.8) is 0 Å². The van der Waals surface area contributed by atoms with Crippen molar-refractivity contribution in [1.82, 2.24) is 0 Å². The first-order valence-electron chi connectivity index (χ1n) is 2.40. The van der Waals surface area contributed by atoms with Crippen LogP contribution in [0, 0.1) is 0 Å². The molecule has 2 N–H and O–H groups in total. The summed E-state index contributed by atoms with van der Waals surface area (Å²) in [6, 6.07) is 0. The molecule has 0 aliphatic heterocycles. The van der Waals surface area contributed by atoms with Crippen LogP contribution in [0.2, 0.25) is 0 Å². The van der Waals surface area contributed by atoms with Crippen molar-refractivity contribution < 1.29 is 9.53 Å². The van der Waals surface area contributed by atoms with Crippen LogP contribution in [0.25, 0.3) is 0 Å². The number of esters is 1. The minimum absolute atomic E-state index is 0.122. The second kappa shape index (κ2) is 4.35. The van der Waals surface area contributed by atoms with Crippen LogP contribution in [-0.2, 0) is 9.53 Å². The molecule has 0 bridgehead atoms. The minimum Gasteiger partial charge on any atom is -0.460 e. The summed E-state index contributed by atoms with van der Waals surface area (Å²) in [5.74, 6) is -0.609. The van der Waals surface area contributed by atoms with Gasteiger partial charge in [0, 0.05) is 6.54 Å². The summed E-state index contributed by atoms with van der Waals surface area (Å²) in [4.78, 5) is 10.4. The second-order valence-corrected chi connectivity index (χ2v) is 1.79. The van der Waals surface area contributed by atoms with E-state index >= 15 is 0 Å². The monoisotopic (exact) mass is 149 g/mol. The van der Waals surface area contributed by atoms with Gasteiger partial charge >= 0.3 is 5.97 Å². The molecule has 0 heterocycles. The smallest absolute Gasteiger partial charge is 0.349 e. The van der Waals surface area contributed by atoms with Crippen molar-refractivity contribution in [2.24, 2.45) is 5.73 Å². The van der Waals surface area contributed by atoms with E-state index in [0.29, 0.717) is 6.54 Å². The van der Waals surface area contributed by atoms with Crippen molar-refractivity contribution in [2.45, 2.75) is 0 Å². The van der Waals surface area contributed by atoms with Gasteiger partial charge in [-0.05, 0) is 0 Å². The maximum absolute atomic E-state index is 10.4. The molecule has 0 saturated carbocycles. The third-order valence-electron chi connectivity index (χ3n) is 0.572. The zero-order valence-electron chi connectivity index (χ0n) is 4.89. The van der Waals surface area contributed by atoms with Gasteiger partial charge in [-0.15, -0.1) is 0 Å². The average molecular weight is 150 g/mol. The molecule has 4 heteroatoms. The van der Waals surface area contributed by atoms with Gasteiger partial charge in [0.1, 0.15) is 11.6 Å². The summed E-state index contributed by atoms with van der Waals surface area (Å²) < 4.78 is 4.46. The van der Waals surface area contributed by atoms with Gasteiger partial charge in [0.25, 0.3) is 0 Å². The quantitative estimate of drug-likeness (QED) is 0.462. The Bertz CT molecular complexity index is 124. The largest absolute Gasteiger partial charge is 0.460 e. The maximum Gasteiger partial charge on any atom is 0.349 e. The van der Waals surface area contributed by atoms with Crippen molar-refractivity contribution in [3.05, 3.63) is 11.6 Å². The number of carbonyl (C=O) groups excluding carboxylic acids is 1. The van der Waals surface area contributed by atoms with E-state index in [1.165, 1.54) is 0 Å². The van der Waals surface area contributed by atoms with E-state index in [0.717, 1.165) is 0 Å². The number of ether oxygens (including phenoxy) is 1. The van der Waals surface area contributed by atoms with E-state index in [2.05, 4.69) is 11.3 Å². The highest BCUT2D eigenvalue weighted by Crippen LogP contribution is 1.98. The van der Waals surface area contributed by atoms with Crippen molar-refractivity contribution in [3.8, 4) is 0 Å². The first-order valence-corrected chi connectivity index (χ1v) is 2.78. The number of nitrogens with two attached hydrogens (primary N) is 1. The Labute approximate surface area is 58.4 Å². The molecule has 9 heavy (non-hydrogen) atoms. The zero-order valence-corrected chi connectivity index (χ0v) is 5.65. The fourth-order valence-electron chi connectivity index (χ4n) is 0.230. The molecule has 0 aromatic carbocycles. The Morgan fingerprint density at radius 3 is 2.67 bits per heavy atom. The standard InChI is InChI=1S/C5H8ClNO2/c1-4(6)5(8)9-3-2-7/h1-3,7H2. The highest BCUT2D eigenvalue weighted by Gasteiger charge is 2.02. The lowest BCUT2D eigenvalue weighted by molar-refractivity contribution is -0.137. The van der Waals surface area contributed by atoms with Crippen LogP contribution >= 0.6 is 11.6 Å². The number of carbonyl (C=O) groups is 1. The van der Waals surface area contributed by atoms with E-state index in [-0.39, 0.29) is 11.6 Å². The zero-order chi connectivity index (χ0) is 7.28. The average Bonchev–Trinajstić information content (AvgIpc) is 1.82. The van der Waals surface area contributed by atoms with Gasteiger partial charge in [0.05, 0.1) is 0 Å². The van der Waals surface area contributed by atoms with Gasteiger partial charge in [-0.1, -0.05) is 18.2 Å². The van der Waals surface area contributed by atoms with Gasteiger partial charge in [-0.25, -0.2) is 4.79 Å². The fourth-order valence-corrected chi connectivity index (χ4v) is 0.284. The van der Waals surface area contributed by atoms with Crippen LogP contribution in [0.4, 0.5) is 0 Å². The van der Waals surface area contributed by atoms with Crippen LogP contribution in [0.1, 0.15) is 0 Å². The third kappa shape index (κ3) is 4.00. The number of halogens is 1. The van der Waals surface area contributed by atoms with Crippen LogP contribution in [0.5, 0.6) is 0 Å². The maximum atomic E-state index is 10.4. The van der Waals surface area contributed by atoms with Gasteiger partial charge in [-0.3, -0.25) is 0 Å². The van der Waals surface area contributed by atoms with E-state index in [1.54, 1.807) is 0 Å². The first kappa shape index (κ1) is 8.46. The third-order valence-corrected chi connectivity index (χ3v) is 0.727. The molecule has 0 saturated heterocycles. The molecule has 0 aromatic rings. The summed E-state index contributed by atoms with van der Waals surface area (Å²) in [6.45, 7) is 3.64. The summed E-state index contributed by atoms with van der Waals surface area (Å²) in [5, 5.41) is -0.122.